The van der Waals surface area contributed by atoms with Crippen LogP contribution in [0.3, 0.4) is 0 Å². The number of piperazine rings is 1. The SMILES string of the molecule is CCOc1ccc(NC(=O)N2CCN(S(=O)(=O)c3cccs3)C(C(=O)N3CCOCC3)C2)cc1. The fourth-order valence-electron chi connectivity index (χ4n) is 3.96. The molecule has 3 heterocycles. The van der Waals surface area contributed by atoms with Crippen molar-refractivity contribution >= 4 is 39.0 Å². The second-order valence-electron chi connectivity index (χ2n) is 7.83. The lowest BCUT2D eigenvalue weighted by atomic mass is 10.1. The minimum absolute atomic E-state index is 0.0255. The standard InChI is InChI=1S/C22H28N4O6S2/c1-2-32-18-7-5-17(6-8-18)23-22(28)25-9-10-26(34(29,30)20-4-3-15-33-20)19(16-25)21(27)24-11-13-31-14-12-24/h3-8,15,19H,2,9-14,16H2,1H3,(H,23,28). The van der Waals surface area contributed by atoms with E-state index in [2.05, 4.69) is 5.32 Å². The van der Waals surface area contributed by atoms with Gasteiger partial charge in [0.05, 0.1) is 19.8 Å². The van der Waals surface area contributed by atoms with Gasteiger partial charge in [-0.3, -0.25) is 4.79 Å². The molecule has 34 heavy (non-hydrogen) atoms. The van der Waals surface area contributed by atoms with E-state index in [1.165, 1.54) is 15.3 Å². The number of anilines is 1. The molecule has 2 aromatic rings. The summed E-state index contributed by atoms with van der Waals surface area (Å²) in [6, 6.07) is 8.78. The Bertz CT molecular complexity index is 1090. The minimum atomic E-state index is -3.87. The van der Waals surface area contributed by atoms with E-state index in [9.17, 15) is 18.0 Å². The molecule has 0 spiro atoms. The molecule has 0 saturated carbocycles. The van der Waals surface area contributed by atoms with E-state index in [0.717, 1.165) is 11.3 Å². The molecule has 2 fully saturated rings. The predicted molar refractivity (Wildman–Crippen MR) is 128 cm³/mol. The fourth-order valence-corrected chi connectivity index (χ4v) is 6.65. The van der Waals surface area contributed by atoms with E-state index in [1.54, 1.807) is 40.6 Å². The van der Waals surface area contributed by atoms with Gasteiger partial charge < -0.3 is 24.6 Å². The molecule has 1 aromatic heterocycles. The van der Waals surface area contributed by atoms with Gasteiger partial charge in [-0.05, 0) is 42.6 Å². The summed E-state index contributed by atoms with van der Waals surface area (Å²) in [5, 5.41) is 4.51. The first kappa shape index (κ1) is 24.5. The highest BCUT2D eigenvalue weighted by Crippen LogP contribution is 2.26. The molecular weight excluding hydrogens is 480 g/mol. The van der Waals surface area contributed by atoms with Gasteiger partial charge in [-0.1, -0.05) is 6.07 Å². The molecule has 1 unspecified atom stereocenters. The molecule has 184 valence electrons. The van der Waals surface area contributed by atoms with Crippen LogP contribution in [0.15, 0.2) is 46.0 Å². The summed E-state index contributed by atoms with van der Waals surface area (Å²) in [7, 11) is -3.87. The van der Waals surface area contributed by atoms with Gasteiger partial charge in [0, 0.05) is 38.4 Å². The van der Waals surface area contributed by atoms with Crippen molar-refractivity contribution in [3.63, 3.8) is 0 Å². The van der Waals surface area contributed by atoms with Crippen LogP contribution in [-0.4, -0.2) is 93.0 Å². The van der Waals surface area contributed by atoms with Crippen LogP contribution in [0.25, 0.3) is 0 Å². The Kier molecular flexibility index (Phi) is 7.71. The van der Waals surface area contributed by atoms with E-state index in [0.29, 0.717) is 44.3 Å². The van der Waals surface area contributed by atoms with Crippen molar-refractivity contribution in [3.8, 4) is 5.75 Å². The maximum atomic E-state index is 13.4. The van der Waals surface area contributed by atoms with Crippen LogP contribution in [0.1, 0.15) is 6.92 Å². The van der Waals surface area contributed by atoms with Gasteiger partial charge >= 0.3 is 6.03 Å². The van der Waals surface area contributed by atoms with Crippen molar-refractivity contribution in [2.24, 2.45) is 0 Å². The first-order valence-electron chi connectivity index (χ1n) is 11.1. The van der Waals surface area contributed by atoms with Crippen molar-refractivity contribution in [2.45, 2.75) is 17.2 Å². The Morgan fingerprint density at radius 2 is 1.82 bits per heavy atom. The van der Waals surface area contributed by atoms with Crippen molar-refractivity contribution < 1.29 is 27.5 Å². The van der Waals surface area contributed by atoms with E-state index >= 15 is 0 Å². The molecule has 12 heteroatoms. The van der Waals surface area contributed by atoms with Crippen LogP contribution < -0.4 is 10.1 Å². The molecule has 10 nitrogen and oxygen atoms in total. The normalized spacial score (nSPS) is 19.6. The van der Waals surface area contributed by atoms with E-state index in [1.807, 2.05) is 6.92 Å². The highest BCUT2D eigenvalue weighted by atomic mass is 32.2. The summed E-state index contributed by atoms with van der Waals surface area (Å²) in [5.41, 5.74) is 0.582. The number of morpholine rings is 1. The lowest BCUT2D eigenvalue weighted by molar-refractivity contribution is -0.140. The molecule has 3 amide bonds. The van der Waals surface area contributed by atoms with Crippen LogP contribution in [0.5, 0.6) is 5.75 Å². The third-order valence-corrected chi connectivity index (χ3v) is 8.98. The summed E-state index contributed by atoms with van der Waals surface area (Å²) in [5.74, 6) is 0.381. The van der Waals surface area contributed by atoms with E-state index in [4.69, 9.17) is 9.47 Å². The zero-order valence-corrected chi connectivity index (χ0v) is 20.5. The number of amides is 3. The molecular formula is C22H28N4O6S2. The molecule has 0 radical (unpaired) electrons. The topological polar surface area (TPSA) is 108 Å². The second-order valence-corrected chi connectivity index (χ2v) is 10.9. The van der Waals surface area contributed by atoms with Crippen LogP contribution >= 0.6 is 11.3 Å². The highest BCUT2D eigenvalue weighted by molar-refractivity contribution is 7.91. The van der Waals surface area contributed by atoms with Crippen LogP contribution in [0.2, 0.25) is 0 Å². The zero-order chi connectivity index (χ0) is 24.1. The molecule has 1 aromatic carbocycles. The number of nitrogens with zero attached hydrogens (tertiary/aromatic N) is 3. The third-order valence-electron chi connectivity index (χ3n) is 5.70. The average Bonchev–Trinajstić information content (AvgIpc) is 3.41. The molecule has 0 aliphatic carbocycles. The maximum absolute atomic E-state index is 13.4. The molecule has 0 bridgehead atoms. The summed E-state index contributed by atoms with van der Waals surface area (Å²) in [4.78, 5) is 29.5. The van der Waals surface area contributed by atoms with Crippen LogP contribution in [0.4, 0.5) is 10.5 Å². The van der Waals surface area contributed by atoms with E-state index < -0.39 is 22.1 Å². The number of rotatable bonds is 6. The largest absolute Gasteiger partial charge is 0.494 e. The molecule has 2 aliphatic heterocycles. The zero-order valence-electron chi connectivity index (χ0n) is 18.9. The molecule has 2 saturated heterocycles. The minimum Gasteiger partial charge on any atom is -0.494 e. The van der Waals surface area contributed by atoms with Crippen LogP contribution in [-0.2, 0) is 19.6 Å². The van der Waals surface area contributed by atoms with Gasteiger partial charge in [-0.2, -0.15) is 4.31 Å². The van der Waals surface area contributed by atoms with Crippen LogP contribution in [0, 0.1) is 0 Å². The highest BCUT2D eigenvalue weighted by Gasteiger charge is 2.43. The van der Waals surface area contributed by atoms with Gasteiger partial charge in [0.1, 0.15) is 16.0 Å². The number of carbonyl (C=O) groups excluding carboxylic acids is 2. The quantitative estimate of drug-likeness (QED) is 0.639. The maximum Gasteiger partial charge on any atom is 0.321 e. The third kappa shape index (κ3) is 5.35. The Balaban J connectivity index is 1.52. The number of urea groups is 1. The van der Waals surface area contributed by atoms with Crippen molar-refractivity contribution in [1.82, 2.24) is 14.1 Å². The van der Waals surface area contributed by atoms with Crippen molar-refractivity contribution in [3.05, 3.63) is 41.8 Å². The van der Waals surface area contributed by atoms with E-state index in [-0.39, 0.29) is 29.8 Å². The average molecular weight is 509 g/mol. The molecule has 4 rings (SSSR count). The number of sulfonamides is 1. The van der Waals surface area contributed by atoms with Gasteiger partial charge in [0.15, 0.2) is 0 Å². The molecule has 1 N–H and O–H groups in total. The number of hydrogen-bond acceptors (Lipinski definition) is 7. The number of benzene rings is 1. The molecule has 1 atom stereocenters. The van der Waals surface area contributed by atoms with Crippen molar-refractivity contribution in [1.29, 1.82) is 0 Å². The number of nitrogens with one attached hydrogen (secondary N) is 1. The van der Waals surface area contributed by atoms with Crippen molar-refractivity contribution in [2.75, 3.05) is 57.9 Å². The summed E-state index contributed by atoms with van der Waals surface area (Å²) in [6.45, 7) is 4.17. The summed E-state index contributed by atoms with van der Waals surface area (Å²) < 4.78 is 38.8. The summed E-state index contributed by atoms with van der Waals surface area (Å²) in [6.07, 6.45) is 0. The molecule has 2 aliphatic rings. The Morgan fingerprint density at radius 3 is 2.47 bits per heavy atom. The summed E-state index contributed by atoms with van der Waals surface area (Å²) >= 11 is 1.11. The number of hydrogen-bond donors (Lipinski definition) is 1. The number of carbonyl (C=O) groups is 2. The van der Waals surface area contributed by atoms with Gasteiger partial charge in [0.25, 0.3) is 10.0 Å². The first-order valence-corrected chi connectivity index (χ1v) is 13.4. The van der Waals surface area contributed by atoms with Gasteiger partial charge in [-0.25, -0.2) is 13.2 Å². The Morgan fingerprint density at radius 1 is 1.09 bits per heavy atom. The Hall–Kier alpha value is -2.67. The lowest BCUT2D eigenvalue weighted by Crippen LogP contribution is -2.63. The smallest absolute Gasteiger partial charge is 0.321 e. The van der Waals surface area contributed by atoms with Gasteiger partial charge in [0.2, 0.25) is 5.91 Å². The fraction of sp³-hybridized carbons (Fsp3) is 0.455. The monoisotopic (exact) mass is 508 g/mol. The lowest BCUT2D eigenvalue weighted by Gasteiger charge is -2.41. The van der Waals surface area contributed by atoms with Gasteiger partial charge in [-0.15, -0.1) is 11.3 Å². The predicted octanol–water partition coefficient (Wildman–Crippen LogP) is 1.91. The number of thiophene rings is 1. The Labute approximate surface area is 203 Å². The second kappa shape index (κ2) is 10.7. The number of ether oxygens (including phenoxy) is 2. The first-order chi connectivity index (χ1) is 16.4.